The fraction of sp³-hybridized carbons (Fsp3) is 0.667. The lowest BCUT2D eigenvalue weighted by Crippen LogP contribution is -2.70. The average molecular weight is 290 g/mol. The first kappa shape index (κ1) is 14.1. The SMILES string of the molecule is CC(C)C1C(=O)NC2(CCCC2)C(=O)N1c1cnn(C)c1. The van der Waals surface area contributed by atoms with Gasteiger partial charge in [-0.15, -0.1) is 0 Å². The molecule has 1 N–H and O–H groups in total. The molecule has 1 spiro atoms. The van der Waals surface area contributed by atoms with Crippen molar-refractivity contribution in [1.82, 2.24) is 15.1 Å². The Bertz CT molecular complexity index is 572. The van der Waals surface area contributed by atoms with E-state index in [0.29, 0.717) is 5.69 Å². The van der Waals surface area contributed by atoms with E-state index in [0.717, 1.165) is 25.7 Å². The van der Waals surface area contributed by atoms with Crippen LogP contribution in [0, 0.1) is 5.92 Å². The van der Waals surface area contributed by atoms with Crippen molar-refractivity contribution in [3.05, 3.63) is 12.4 Å². The van der Waals surface area contributed by atoms with Crippen molar-refractivity contribution in [2.75, 3.05) is 4.90 Å². The van der Waals surface area contributed by atoms with Gasteiger partial charge in [0.2, 0.25) is 5.91 Å². The molecule has 1 aromatic heterocycles. The van der Waals surface area contributed by atoms with Gasteiger partial charge in [-0.2, -0.15) is 5.10 Å². The molecule has 3 rings (SSSR count). The van der Waals surface area contributed by atoms with Crippen LogP contribution in [0.15, 0.2) is 12.4 Å². The zero-order valence-electron chi connectivity index (χ0n) is 12.8. The van der Waals surface area contributed by atoms with E-state index in [1.54, 1.807) is 22.0 Å². The van der Waals surface area contributed by atoms with E-state index in [-0.39, 0.29) is 17.7 Å². The molecule has 1 saturated carbocycles. The fourth-order valence-electron chi connectivity index (χ4n) is 3.57. The predicted molar refractivity (Wildman–Crippen MR) is 78.7 cm³/mol. The Morgan fingerprint density at radius 3 is 2.52 bits per heavy atom. The Morgan fingerprint density at radius 2 is 2.00 bits per heavy atom. The summed E-state index contributed by atoms with van der Waals surface area (Å²) < 4.78 is 1.66. The van der Waals surface area contributed by atoms with Crippen LogP contribution in [0.1, 0.15) is 39.5 Å². The number of amides is 2. The van der Waals surface area contributed by atoms with Gasteiger partial charge in [-0.05, 0) is 18.8 Å². The normalized spacial score (nSPS) is 25.0. The van der Waals surface area contributed by atoms with Crippen LogP contribution in [0.25, 0.3) is 0 Å². The molecular formula is C15H22N4O2. The summed E-state index contributed by atoms with van der Waals surface area (Å²) in [5.41, 5.74) is 0.0144. The minimum atomic E-state index is -0.696. The number of nitrogens with zero attached hydrogens (tertiary/aromatic N) is 3. The molecule has 6 nitrogen and oxygen atoms in total. The number of aryl methyl sites for hydroxylation is 1. The van der Waals surface area contributed by atoms with Crippen molar-refractivity contribution in [1.29, 1.82) is 0 Å². The minimum absolute atomic E-state index is 0.0197. The van der Waals surface area contributed by atoms with E-state index in [1.807, 2.05) is 20.9 Å². The summed E-state index contributed by atoms with van der Waals surface area (Å²) in [6, 6.07) is -0.465. The highest BCUT2D eigenvalue weighted by Gasteiger charge is 2.53. The highest BCUT2D eigenvalue weighted by atomic mass is 16.2. The van der Waals surface area contributed by atoms with Gasteiger partial charge in [0.1, 0.15) is 11.6 Å². The molecule has 1 saturated heterocycles. The Hall–Kier alpha value is -1.85. The van der Waals surface area contributed by atoms with Crippen LogP contribution < -0.4 is 10.2 Å². The summed E-state index contributed by atoms with van der Waals surface area (Å²) in [6.45, 7) is 3.93. The van der Waals surface area contributed by atoms with Crippen molar-refractivity contribution in [3.63, 3.8) is 0 Å². The standard InChI is InChI=1S/C15H22N4O2/c1-10(2)12-13(20)17-15(6-4-5-7-15)14(21)19(12)11-8-16-18(3)9-11/h8-10,12H,4-7H2,1-3H3,(H,17,20). The van der Waals surface area contributed by atoms with Gasteiger partial charge in [-0.1, -0.05) is 26.7 Å². The lowest BCUT2D eigenvalue weighted by molar-refractivity contribution is -0.139. The maximum Gasteiger partial charge on any atom is 0.253 e. The van der Waals surface area contributed by atoms with E-state index in [9.17, 15) is 9.59 Å². The van der Waals surface area contributed by atoms with E-state index in [4.69, 9.17) is 0 Å². The van der Waals surface area contributed by atoms with E-state index in [1.165, 1.54) is 0 Å². The average Bonchev–Trinajstić information content (AvgIpc) is 3.03. The molecule has 1 aromatic rings. The van der Waals surface area contributed by atoms with E-state index < -0.39 is 11.6 Å². The summed E-state index contributed by atoms with van der Waals surface area (Å²) in [5, 5.41) is 7.17. The molecule has 0 aromatic carbocycles. The number of nitrogens with one attached hydrogen (secondary N) is 1. The molecule has 2 aliphatic rings. The molecule has 0 bridgehead atoms. The van der Waals surface area contributed by atoms with Gasteiger partial charge in [-0.3, -0.25) is 19.2 Å². The molecule has 21 heavy (non-hydrogen) atoms. The largest absolute Gasteiger partial charge is 0.340 e. The number of hydrogen-bond donors (Lipinski definition) is 1. The van der Waals surface area contributed by atoms with Crippen LogP contribution in [-0.4, -0.2) is 33.2 Å². The maximum absolute atomic E-state index is 13.1. The highest BCUT2D eigenvalue weighted by molar-refractivity contribution is 6.11. The summed E-state index contributed by atoms with van der Waals surface area (Å²) in [7, 11) is 1.81. The molecule has 1 aliphatic carbocycles. The van der Waals surface area contributed by atoms with E-state index in [2.05, 4.69) is 10.4 Å². The summed E-state index contributed by atoms with van der Waals surface area (Å²) in [4.78, 5) is 27.4. The van der Waals surface area contributed by atoms with Gasteiger partial charge in [0, 0.05) is 13.2 Å². The molecule has 1 unspecified atom stereocenters. The number of aromatic nitrogens is 2. The second-order valence-corrected chi connectivity index (χ2v) is 6.51. The van der Waals surface area contributed by atoms with Crippen molar-refractivity contribution < 1.29 is 9.59 Å². The molecular weight excluding hydrogens is 268 g/mol. The fourth-order valence-corrected chi connectivity index (χ4v) is 3.57. The van der Waals surface area contributed by atoms with Gasteiger partial charge >= 0.3 is 0 Å². The molecule has 2 fully saturated rings. The second-order valence-electron chi connectivity index (χ2n) is 6.51. The van der Waals surface area contributed by atoms with Gasteiger partial charge < -0.3 is 5.32 Å². The Balaban J connectivity index is 2.05. The number of piperazine rings is 1. The van der Waals surface area contributed by atoms with Crippen LogP contribution in [0.3, 0.4) is 0 Å². The van der Waals surface area contributed by atoms with Gasteiger partial charge in [-0.25, -0.2) is 0 Å². The number of rotatable bonds is 2. The molecule has 2 amide bonds. The Labute approximate surface area is 124 Å². The molecule has 1 aliphatic heterocycles. The first-order valence-electron chi connectivity index (χ1n) is 7.59. The number of carbonyl (C=O) groups is 2. The number of carbonyl (C=O) groups excluding carboxylic acids is 2. The molecule has 2 heterocycles. The third-order valence-electron chi connectivity index (χ3n) is 4.60. The zero-order valence-corrected chi connectivity index (χ0v) is 12.8. The number of anilines is 1. The van der Waals surface area contributed by atoms with Crippen LogP contribution in [0.2, 0.25) is 0 Å². The van der Waals surface area contributed by atoms with Gasteiger partial charge in [0.15, 0.2) is 0 Å². The first-order valence-corrected chi connectivity index (χ1v) is 7.59. The molecule has 114 valence electrons. The van der Waals surface area contributed by atoms with Crippen molar-refractivity contribution in [2.45, 2.75) is 51.1 Å². The summed E-state index contributed by atoms with van der Waals surface area (Å²) in [6.07, 6.45) is 6.90. The third-order valence-corrected chi connectivity index (χ3v) is 4.60. The predicted octanol–water partition coefficient (Wildman–Crippen LogP) is 1.22. The minimum Gasteiger partial charge on any atom is -0.340 e. The van der Waals surface area contributed by atoms with Crippen LogP contribution in [0.4, 0.5) is 5.69 Å². The third kappa shape index (κ3) is 2.13. The van der Waals surface area contributed by atoms with Crippen molar-refractivity contribution in [2.24, 2.45) is 13.0 Å². The smallest absolute Gasteiger partial charge is 0.253 e. The highest BCUT2D eigenvalue weighted by Crippen LogP contribution is 2.37. The van der Waals surface area contributed by atoms with Crippen LogP contribution in [-0.2, 0) is 16.6 Å². The van der Waals surface area contributed by atoms with Crippen molar-refractivity contribution in [3.8, 4) is 0 Å². The molecule has 1 atom stereocenters. The molecule has 0 radical (unpaired) electrons. The van der Waals surface area contributed by atoms with Gasteiger partial charge in [0.25, 0.3) is 5.91 Å². The second kappa shape index (κ2) is 4.86. The van der Waals surface area contributed by atoms with Gasteiger partial charge in [0.05, 0.1) is 11.9 Å². The molecule has 6 heteroatoms. The lowest BCUT2D eigenvalue weighted by atomic mass is 9.87. The maximum atomic E-state index is 13.1. The number of hydrogen-bond acceptors (Lipinski definition) is 3. The summed E-state index contributed by atoms with van der Waals surface area (Å²) >= 11 is 0. The quantitative estimate of drug-likeness (QED) is 0.890. The Morgan fingerprint density at radius 1 is 1.33 bits per heavy atom. The van der Waals surface area contributed by atoms with Crippen LogP contribution >= 0.6 is 0 Å². The topological polar surface area (TPSA) is 67.2 Å². The monoisotopic (exact) mass is 290 g/mol. The van der Waals surface area contributed by atoms with Crippen molar-refractivity contribution >= 4 is 17.5 Å². The Kier molecular flexibility index (Phi) is 3.26. The summed E-state index contributed by atoms with van der Waals surface area (Å²) in [5.74, 6) is 0.0227. The lowest BCUT2D eigenvalue weighted by Gasteiger charge is -2.45. The van der Waals surface area contributed by atoms with Crippen LogP contribution in [0.5, 0.6) is 0 Å². The zero-order chi connectivity index (χ0) is 15.2. The first-order chi connectivity index (χ1) is 9.94. The van der Waals surface area contributed by atoms with E-state index >= 15 is 0 Å².